The maximum absolute atomic E-state index is 13.2. The number of benzene rings is 2. The average molecular weight is 443 g/mol. The van der Waals surface area contributed by atoms with Gasteiger partial charge in [0.2, 0.25) is 0 Å². The Bertz CT molecular complexity index is 664. The Morgan fingerprint density at radius 2 is 1.83 bits per heavy atom. The van der Waals surface area contributed by atoms with E-state index in [0.29, 0.717) is 19.0 Å². The number of aliphatic imine (C=N–C) groups is 1. The molecule has 0 saturated heterocycles. The molecule has 0 radical (unpaired) electrons. The minimum Gasteiger partial charge on any atom is -0.497 e. The first kappa shape index (κ1) is 20.2. The van der Waals surface area contributed by atoms with Crippen molar-refractivity contribution in [2.24, 2.45) is 4.99 Å². The highest BCUT2D eigenvalue weighted by Gasteiger charge is 2.00. The second-order valence-corrected chi connectivity index (χ2v) is 5.03. The molecule has 0 heterocycles. The lowest BCUT2D eigenvalue weighted by molar-refractivity contribution is 0.414. The van der Waals surface area contributed by atoms with Gasteiger partial charge in [-0.3, -0.25) is 0 Å². The van der Waals surface area contributed by atoms with Gasteiger partial charge in [-0.05, 0) is 42.3 Å². The molecule has 130 valence electrons. The summed E-state index contributed by atoms with van der Waals surface area (Å²) in [5.74, 6) is 1.28. The minimum atomic E-state index is -0.243. The van der Waals surface area contributed by atoms with Crippen molar-refractivity contribution in [3.8, 4) is 5.75 Å². The predicted molar refractivity (Wildman–Crippen MR) is 106 cm³/mol. The topological polar surface area (TPSA) is 45.7 Å². The third-order valence-corrected chi connectivity index (χ3v) is 3.25. The molecule has 0 saturated carbocycles. The van der Waals surface area contributed by atoms with Gasteiger partial charge in [-0.15, -0.1) is 24.0 Å². The van der Waals surface area contributed by atoms with Crippen LogP contribution in [-0.4, -0.2) is 19.6 Å². The monoisotopic (exact) mass is 443 g/mol. The lowest BCUT2D eigenvalue weighted by Crippen LogP contribution is -2.36. The lowest BCUT2D eigenvalue weighted by atomic mass is 10.2. The van der Waals surface area contributed by atoms with E-state index in [1.807, 2.05) is 37.3 Å². The summed E-state index contributed by atoms with van der Waals surface area (Å²) in [6.45, 7) is 3.81. The molecule has 0 aliphatic rings. The van der Waals surface area contributed by atoms with Crippen molar-refractivity contribution in [3.63, 3.8) is 0 Å². The number of ether oxygens (including phenoxy) is 1. The van der Waals surface area contributed by atoms with Crippen LogP contribution in [0.3, 0.4) is 0 Å². The van der Waals surface area contributed by atoms with E-state index < -0.39 is 0 Å². The zero-order chi connectivity index (χ0) is 16.5. The van der Waals surface area contributed by atoms with Crippen LogP contribution in [0.1, 0.15) is 18.1 Å². The van der Waals surface area contributed by atoms with Crippen LogP contribution < -0.4 is 15.4 Å². The van der Waals surface area contributed by atoms with Gasteiger partial charge in [-0.2, -0.15) is 0 Å². The largest absolute Gasteiger partial charge is 0.497 e. The van der Waals surface area contributed by atoms with Crippen molar-refractivity contribution in [2.75, 3.05) is 13.7 Å². The molecule has 0 fully saturated rings. The third-order valence-electron chi connectivity index (χ3n) is 3.25. The second-order valence-electron chi connectivity index (χ2n) is 5.03. The molecule has 4 nitrogen and oxygen atoms in total. The van der Waals surface area contributed by atoms with Crippen molar-refractivity contribution >= 4 is 29.9 Å². The summed E-state index contributed by atoms with van der Waals surface area (Å²) in [6, 6.07) is 14.3. The van der Waals surface area contributed by atoms with Crippen LogP contribution in [0.15, 0.2) is 53.5 Å². The highest BCUT2D eigenvalue weighted by atomic mass is 127. The van der Waals surface area contributed by atoms with Crippen molar-refractivity contribution in [2.45, 2.75) is 20.0 Å². The van der Waals surface area contributed by atoms with Crippen LogP contribution in [0.2, 0.25) is 0 Å². The highest BCUT2D eigenvalue weighted by Crippen LogP contribution is 2.12. The number of halogens is 2. The fourth-order valence-electron chi connectivity index (χ4n) is 2.12. The van der Waals surface area contributed by atoms with Crippen molar-refractivity contribution in [1.29, 1.82) is 0 Å². The molecular formula is C18H23FIN3O. The Balaban J connectivity index is 0.00000288. The number of rotatable bonds is 6. The maximum Gasteiger partial charge on any atom is 0.191 e. The van der Waals surface area contributed by atoms with Crippen LogP contribution in [0.25, 0.3) is 0 Å². The van der Waals surface area contributed by atoms with Gasteiger partial charge >= 0.3 is 0 Å². The van der Waals surface area contributed by atoms with Crippen molar-refractivity contribution in [3.05, 3.63) is 65.5 Å². The lowest BCUT2D eigenvalue weighted by Gasteiger charge is -2.12. The van der Waals surface area contributed by atoms with E-state index in [0.717, 1.165) is 23.4 Å². The van der Waals surface area contributed by atoms with E-state index in [4.69, 9.17) is 4.74 Å². The van der Waals surface area contributed by atoms with Crippen LogP contribution in [-0.2, 0) is 13.1 Å². The van der Waals surface area contributed by atoms with E-state index in [1.54, 1.807) is 13.2 Å². The molecule has 24 heavy (non-hydrogen) atoms. The van der Waals surface area contributed by atoms with Gasteiger partial charge in [-0.25, -0.2) is 9.38 Å². The van der Waals surface area contributed by atoms with E-state index in [2.05, 4.69) is 15.6 Å². The van der Waals surface area contributed by atoms with Crippen LogP contribution in [0, 0.1) is 5.82 Å². The molecule has 0 aliphatic carbocycles. The van der Waals surface area contributed by atoms with Crippen LogP contribution >= 0.6 is 24.0 Å². The van der Waals surface area contributed by atoms with E-state index in [1.165, 1.54) is 12.1 Å². The summed E-state index contributed by atoms with van der Waals surface area (Å²) in [4.78, 5) is 4.48. The number of hydrogen-bond acceptors (Lipinski definition) is 2. The Kier molecular flexibility index (Phi) is 9.14. The van der Waals surface area contributed by atoms with Gasteiger partial charge in [0.25, 0.3) is 0 Å². The van der Waals surface area contributed by atoms with E-state index in [9.17, 15) is 4.39 Å². The van der Waals surface area contributed by atoms with Gasteiger partial charge in [0.15, 0.2) is 5.96 Å². The fourth-order valence-corrected chi connectivity index (χ4v) is 2.12. The van der Waals surface area contributed by atoms with E-state index >= 15 is 0 Å². The molecule has 0 aromatic heterocycles. The Morgan fingerprint density at radius 3 is 2.54 bits per heavy atom. The van der Waals surface area contributed by atoms with Crippen molar-refractivity contribution in [1.82, 2.24) is 10.6 Å². The summed E-state index contributed by atoms with van der Waals surface area (Å²) in [6.07, 6.45) is 0. The zero-order valence-corrected chi connectivity index (χ0v) is 16.2. The Morgan fingerprint density at radius 1 is 1.08 bits per heavy atom. The molecule has 0 spiro atoms. The summed E-state index contributed by atoms with van der Waals surface area (Å²) in [7, 11) is 1.65. The smallest absolute Gasteiger partial charge is 0.191 e. The quantitative estimate of drug-likeness (QED) is 0.407. The summed E-state index contributed by atoms with van der Waals surface area (Å²) in [5.41, 5.74) is 1.93. The summed E-state index contributed by atoms with van der Waals surface area (Å²) < 4.78 is 18.4. The van der Waals surface area contributed by atoms with Gasteiger partial charge in [0.05, 0.1) is 13.7 Å². The molecule has 0 unspecified atom stereocenters. The van der Waals surface area contributed by atoms with Gasteiger partial charge in [0, 0.05) is 13.1 Å². The molecule has 2 N–H and O–H groups in total. The number of hydrogen-bond donors (Lipinski definition) is 2. The minimum absolute atomic E-state index is 0. The Labute approximate surface area is 159 Å². The molecule has 2 aromatic carbocycles. The second kappa shape index (κ2) is 10.9. The first-order chi connectivity index (χ1) is 11.2. The van der Waals surface area contributed by atoms with Gasteiger partial charge in [0.1, 0.15) is 11.6 Å². The van der Waals surface area contributed by atoms with Gasteiger partial charge < -0.3 is 15.4 Å². The first-order valence-electron chi connectivity index (χ1n) is 7.61. The molecule has 2 rings (SSSR count). The Hall–Kier alpha value is -1.83. The molecule has 6 heteroatoms. The molecule has 0 bridgehead atoms. The molecule has 0 atom stereocenters. The summed E-state index contributed by atoms with van der Waals surface area (Å²) in [5, 5.41) is 6.44. The molecular weight excluding hydrogens is 420 g/mol. The predicted octanol–water partition coefficient (Wildman–Crippen LogP) is 3.71. The normalized spacial score (nSPS) is 10.7. The standard InChI is InChI=1S/C18H22FN3O.HI/c1-3-20-18(21-12-14-6-4-8-16(19)10-14)22-13-15-7-5-9-17(11-15)23-2;/h4-11H,3,12-13H2,1-2H3,(H2,20,21,22);1H. The fraction of sp³-hybridized carbons (Fsp3) is 0.278. The average Bonchev–Trinajstić information content (AvgIpc) is 2.57. The number of nitrogens with zero attached hydrogens (tertiary/aromatic N) is 1. The number of methoxy groups -OCH3 is 1. The highest BCUT2D eigenvalue weighted by molar-refractivity contribution is 14.0. The maximum atomic E-state index is 13.2. The molecule has 2 aromatic rings. The summed E-state index contributed by atoms with van der Waals surface area (Å²) >= 11 is 0. The SMILES string of the molecule is CCNC(=NCc1cccc(F)c1)NCc1cccc(OC)c1.I. The van der Waals surface area contributed by atoms with Crippen LogP contribution in [0.4, 0.5) is 4.39 Å². The van der Waals surface area contributed by atoms with Crippen LogP contribution in [0.5, 0.6) is 5.75 Å². The third kappa shape index (κ3) is 6.74. The van der Waals surface area contributed by atoms with Gasteiger partial charge in [-0.1, -0.05) is 24.3 Å². The number of nitrogens with one attached hydrogen (secondary N) is 2. The molecule has 0 amide bonds. The molecule has 0 aliphatic heterocycles. The zero-order valence-electron chi connectivity index (χ0n) is 13.9. The van der Waals surface area contributed by atoms with E-state index in [-0.39, 0.29) is 29.8 Å². The first-order valence-corrected chi connectivity index (χ1v) is 7.61. The number of guanidine groups is 1. The van der Waals surface area contributed by atoms with Crippen molar-refractivity contribution < 1.29 is 9.13 Å².